The highest BCUT2D eigenvalue weighted by molar-refractivity contribution is 6.93. The first-order valence-electron chi connectivity index (χ1n) is 20.5. The molecule has 2 aliphatic heterocycles. The highest BCUT2D eigenvalue weighted by atomic mass is 16.3. The molecule has 55 heavy (non-hydrogen) atoms. The smallest absolute Gasteiger partial charge is 0.333 e. The Kier molecular flexibility index (Phi) is 7.04. The Hall–Kier alpha value is -5.48. The number of furan rings is 1. The molecule has 0 spiro atoms. The van der Waals surface area contributed by atoms with Crippen LogP contribution in [0, 0.1) is 0 Å². The molecule has 0 amide bonds. The van der Waals surface area contributed by atoms with Crippen LogP contribution in [0.5, 0.6) is 0 Å². The molecule has 3 nitrogen and oxygen atoms in total. The molecule has 0 N–H and O–H groups in total. The number of rotatable bonds is 6. The van der Waals surface area contributed by atoms with Gasteiger partial charge in [-0.3, -0.25) is 0 Å². The Balaban J connectivity index is 1.26. The van der Waals surface area contributed by atoms with Gasteiger partial charge in [0.2, 0.25) is 0 Å². The number of hydrogen-bond donors (Lipinski definition) is 0. The van der Waals surface area contributed by atoms with E-state index >= 15 is 0 Å². The molecule has 4 heteroatoms. The van der Waals surface area contributed by atoms with Crippen molar-refractivity contribution in [3.63, 3.8) is 0 Å². The van der Waals surface area contributed by atoms with Gasteiger partial charge in [0.1, 0.15) is 11.3 Å². The predicted octanol–water partition coefficient (Wildman–Crippen LogP) is 12.5. The number of aromatic nitrogens is 1. The minimum Gasteiger partial charge on any atom is -0.456 e. The average Bonchev–Trinajstić information content (AvgIpc) is 3.79. The SMILES string of the molecule is CCCCCc1cc2c3c4c1c1ccccc1n4-c1cc4oc(-c5ccccc5)cc4cc1B3N(c1ccc3c(c1)C(C)(C)CCC3(C)C)c1ccccc1-2. The number of unbranched alkanes of at least 4 members (excludes halogenated alkanes) is 2. The lowest BCUT2D eigenvalue weighted by molar-refractivity contribution is 0.332. The van der Waals surface area contributed by atoms with Crippen molar-refractivity contribution in [1.82, 2.24) is 4.57 Å². The van der Waals surface area contributed by atoms with Gasteiger partial charge >= 0.3 is 6.85 Å². The van der Waals surface area contributed by atoms with Gasteiger partial charge in [-0.15, -0.1) is 0 Å². The van der Waals surface area contributed by atoms with E-state index < -0.39 is 0 Å². The fourth-order valence-corrected chi connectivity index (χ4v) is 10.5. The molecule has 270 valence electrons. The molecular formula is C51H47BN2O. The van der Waals surface area contributed by atoms with E-state index in [1.807, 2.05) is 0 Å². The first-order chi connectivity index (χ1) is 26.7. The van der Waals surface area contributed by atoms with Gasteiger partial charge in [-0.2, -0.15) is 0 Å². The van der Waals surface area contributed by atoms with Crippen LogP contribution in [0.2, 0.25) is 0 Å². The summed E-state index contributed by atoms with van der Waals surface area (Å²) in [5, 5.41) is 3.89. The summed E-state index contributed by atoms with van der Waals surface area (Å²) in [6.45, 7) is 12.0. The van der Waals surface area contributed by atoms with Crippen LogP contribution in [-0.4, -0.2) is 11.4 Å². The number of hydrogen-bond acceptors (Lipinski definition) is 2. The van der Waals surface area contributed by atoms with Gasteiger partial charge in [0.05, 0.1) is 11.0 Å². The quantitative estimate of drug-likeness (QED) is 0.126. The van der Waals surface area contributed by atoms with Gasteiger partial charge in [-0.1, -0.05) is 132 Å². The summed E-state index contributed by atoms with van der Waals surface area (Å²) < 4.78 is 9.32. The number of benzene rings is 6. The maximum atomic E-state index is 6.73. The van der Waals surface area contributed by atoms with Crippen LogP contribution in [-0.2, 0) is 17.3 Å². The lowest BCUT2D eigenvalue weighted by Crippen LogP contribution is -2.60. The Bertz CT molecular complexity index is 2850. The van der Waals surface area contributed by atoms with Gasteiger partial charge in [0.25, 0.3) is 0 Å². The zero-order valence-corrected chi connectivity index (χ0v) is 32.7. The topological polar surface area (TPSA) is 21.3 Å². The van der Waals surface area contributed by atoms with E-state index in [4.69, 9.17) is 4.42 Å². The van der Waals surface area contributed by atoms with Crippen molar-refractivity contribution < 1.29 is 4.42 Å². The molecule has 11 rings (SSSR count). The molecule has 1 aliphatic carbocycles. The lowest BCUT2D eigenvalue weighted by Gasteiger charge is -2.45. The Morgan fingerprint density at radius 1 is 0.691 bits per heavy atom. The first-order valence-corrected chi connectivity index (χ1v) is 20.5. The molecule has 3 aliphatic rings. The largest absolute Gasteiger partial charge is 0.456 e. The van der Waals surface area contributed by atoms with Crippen LogP contribution in [0.4, 0.5) is 11.4 Å². The Morgan fingerprint density at radius 2 is 1.45 bits per heavy atom. The van der Waals surface area contributed by atoms with E-state index in [-0.39, 0.29) is 17.7 Å². The molecular weight excluding hydrogens is 667 g/mol. The molecule has 0 radical (unpaired) electrons. The molecule has 0 saturated carbocycles. The molecule has 4 heterocycles. The summed E-state index contributed by atoms with van der Waals surface area (Å²) in [5.41, 5.74) is 18.5. The van der Waals surface area contributed by atoms with Gasteiger partial charge < -0.3 is 13.8 Å². The third-order valence-electron chi connectivity index (χ3n) is 13.5. The van der Waals surface area contributed by atoms with E-state index in [2.05, 4.69) is 165 Å². The van der Waals surface area contributed by atoms with E-state index in [0.717, 1.165) is 28.7 Å². The summed E-state index contributed by atoms with van der Waals surface area (Å²) in [6, 6.07) is 45.9. The van der Waals surface area contributed by atoms with Crippen molar-refractivity contribution >= 4 is 61.9 Å². The van der Waals surface area contributed by atoms with Crippen LogP contribution in [0.15, 0.2) is 126 Å². The van der Waals surface area contributed by atoms with Crippen LogP contribution in [0.1, 0.15) is 83.4 Å². The van der Waals surface area contributed by atoms with E-state index in [1.165, 1.54) is 110 Å². The van der Waals surface area contributed by atoms with E-state index in [0.29, 0.717) is 0 Å². The summed E-state index contributed by atoms with van der Waals surface area (Å²) >= 11 is 0. The number of anilines is 2. The predicted molar refractivity (Wildman–Crippen MR) is 234 cm³/mol. The molecule has 2 aromatic heterocycles. The van der Waals surface area contributed by atoms with Crippen molar-refractivity contribution in [3.8, 4) is 28.1 Å². The number of nitrogens with zero attached hydrogens (tertiary/aromatic N) is 2. The fourth-order valence-electron chi connectivity index (χ4n) is 10.5. The highest BCUT2D eigenvalue weighted by Crippen LogP contribution is 2.50. The standard InChI is InChI=1S/C51H47BN2O/c1-6-7-9-18-33-27-38-36-19-12-15-22-43(36)54(35-23-24-39-40(30-35)51(4,5)26-25-50(39,2)3)52-41-28-34-29-45(32-16-10-8-11-17-32)55-46(34)31-44(41)53-42-21-14-13-20-37(42)47(33)49(53)48(38)52/h8,10-17,19-24,27-31H,6-7,9,18,25-26H2,1-5H3. The van der Waals surface area contributed by atoms with E-state index in [9.17, 15) is 0 Å². The second-order valence-corrected chi connectivity index (χ2v) is 17.7. The molecule has 0 atom stereocenters. The third kappa shape index (κ3) is 4.70. The monoisotopic (exact) mass is 714 g/mol. The zero-order valence-electron chi connectivity index (χ0n) is 32.7. The van der Waals surface area contributed by atoms with Crippen molar-refractivity contribution in [1.29, 1.82) is 0 Å². The van der Waals surface area contributed by atoms with Crippen LogP contribution < -0.4 is 15.7 Å². The summed E-state index contributed by atoms with van der Waals surface area (Å²) in [7, 11) is 0. The van der Waals surface area contributed by atoms with Gasteiger partial charge in [0, 0.05) is 50.4 Å². The summed E-state index contributed by atoms with van der Waals surface area (Å²) in [4.78, 5) is 2.69. The van der Waals surface area contributed by atoms with Crippen LogP contribution in [0.25, 0.3) is 60.9 Å². The Labute approximate surface area is 324 Å². The van der Waals surface area contributed by atoms with E-state index in [1.54, 1.807) is 0 Å². The number of para-hydroxylation sites is 2. The zero-order chi connectivity index (χ0) is 37.2. The average molecular weight is 715 g/mol. The number of aryl methyl sites for hydroxylation is 1. The lowest BCUT2D eigenvalue weighted by atomic mass is 9.43. The van der Waals surface area contributed by atoms with Gasteiger partial charge in [0.15, 0.2) is 0 Å². The molecule has 0 bridgehead atoms. The summed E-state index contributed by atoms with van der Waals surface area (Å²) in [5.74, 6) is 0.905. The molecule has 8 aromatic rings. The molecule has 0 unspecified atom stereocenters. The van der Waals surface area contributed by atoms with Crippen molar-refractivity contribution in [3.05, 3.63) is 138 Å². The first kappa shape index (κ1) is 32.9. The van der Waals surface area contributed by atoms with Gasteiger partial charge in [-0.05, 0) is 100 Å². The molecule has 0 saturated heterocycles. The van der Waals surface area contributed by atoms with Crippen molar-refractivity contribution in [2.45, 2.75) is 84.0 Å². The minimum absolute atomic E-state index is 0.0267. The minimum atomic E-state index is -0.0267. The normalized spacial score (nSPS) is 16.1. The second-order valence-electron chi connectivity index (χ2n) is 17.7. The highest BCUT2D eigenvalue weighted by Gasteiger charge is 2.45. The van der Waals surface area contributed by atoms with Crippen molar-refractivity contribution in [2.75, 3.05) is 4.81 Å². The maximum absolute atomic E-state index is 6.73. The van der Waals surface area contributed by atoms with Crippen molar-refractivity contribution in [2.24, 2.45) is 0 Å². The van der Waals surface area contributed by atoms with Gasteiger partial charge in [-0.25, -0.2) is 0 Å². The Morgan fingerprint density at radius 3 is 2.29 bits per heavy atom. The third-order valence-corrected chi connectivity index (χ3v) is 13.5. The van der Waals surface area contributed by atoms with Crippen LogP contribution in [0.3, 0.4) is 0 Å². The fraction of sp³-hybridized carbons (Fsp3) is 0.255. The van der Waals surface area contributed by atoms with Crippen LogP contribution >= 0.6 is 0 Å². The number of fused-ring (bicyclic) bond motifs is 10. The maximum Gasteiger partial charge on any atom is 0.333 e. The second kappa shape index (κ2) is 11.8. The molecule has 0 fully saturated rings. The molecule has 6 aromatic carbocycles. The summed E-state index contributed by atoms with van der Waals surface area (Å²) in [6.07, 6.45) is 7.10.